The zero-order valence-corrected chi connectivity index (χ0v) is 16.1. The van der Waals surface area contributed by atoms with Crippen LogP contribution in [0.2, 0.25) is 0 Å². The second-order valence-electron chi connectivity index (χ2n) is 5.22. The van der Waals surface area contributed by atoms with Gasteiger partial charge in [-0.3, -0.25) is 4.90 Å². The minimum Gasteiger partial charge on any atom is -0.379 e. The fraction of sp³-hybridized carbons (Fsp3) is 1.00. The maximum Gasteiger partial charge on any atom is 0.109 e. The number of rotatable bonds is 18. The van der Waals surface area contributed by atoms with Crippen LogP contribution >= 0.6 is 0 Å². The van der Waals surface area contributed by atoms with Gasteiger partial charge < -0.3 is 28.4 Å². The Kier molecular flexibility index (Phi) is 17.3. The lowest BCUT2D eigenvalue weighted by atomic mass is 10.5. The van der Waals surface area contributed by atoms with Gasteiger partial charge in [-0.05, 0) is 34.7 Å². The van der Waals surface area contributed by atoms with Crippen molar-refractivity contribution in [2.75, 3.05) is 73.1 Å². The molecule has 24 heavy (non-hydrogen) atoms. The average Bonchev–Trinajstić information content (AvgIpc) is 2.59. The van der Waals surface area contributed by atoms with E-state index in [4.69, 9.17) is 28.4 Å². The Morgan fingerprint density at radius 3 is 1.29 bits per heavy atom. The van der Waals surface area contributed by atoms with Crippen molar-refractivity contribution in [2.45, 2.75) is 40.2 Å². The van der Waals surface area contributed by atoms with E-state index in [-0.39, 0.29) is 12.5 Å². The molecule has 0 fully saturated rings. The summed E-state index contributed by atoms with van der Waals surface area (Å²) in [6.45, 7) is 14.1. The molecule has 2 unspecified atom stereocenters. The third-order valence-corrected chi connectivity index (χ3v) is 3.47. The molecule has 0 aliphatic rings. The lowest BCUT2D eigenvalue weighted by Gasteiger charge is -2.30. The van der Waals surface area contributed by atoms with Crippen LogP contribution in [0.15, 0.2) is 0 Å². The summed E-state index contributed by atoms with van der Waals surface area (Å²) >= 11 is 0. The Bertz CT molecular complexity index is 233. The third-order valence-electron chi connectivity index (χ3n) is 3.47. The molecule has 2 atom stereocenters. The zero-order valence-electron chi connectivity index (χ0n) is 16.1. The second-order valence-corrected chi connectivity index (χ2v) is 5.22. The van der Waals surface area contributed by atoms with Crippen molar-refractivity contribution in [3.63, 3.8) is 0 Å². The molecule has 0 heterocycles. The lowest BCUT2D eigenvalue weighted by molar-refractivity contribution is -0.140. The van der Waals surface area contributed by atoms with Gasteiger partial charge in [0, 0.05) is 13.2 Å². The van der Waals surface area contributed by atoms with Crippen molar-refractivity contribution in [2.24, 2.45) is 0 Å². The number of ether oxygens (including phenoxy) is 6. The maximum atomic E-state index is 5.74. The molecule has 7 nitrogen and oxygen atoms in total. The van der Waals surface area contributed by atoms with Crippen molar-refractivity contribution >= 4 is 0 Å². The predicted octanol–water partition coefficient (Wildman–Crippen LogP) is 1.75. The highest BCUT2D eigenvalue weighted by atomic mass is 16.6. The molecule has 146 valence electrons. The summed E-state index contributed by atoms with van der Waals surface area (Å²) in [6.07, 6.45) is -0.0938. The van der Waals surface area contributed by atoms with Crippen LogP contribution in [0.5, 0.6) is 0 Å². The van der Waals surface area contributed by atoms with Crippen LogP contribution < -0.4 is 0 Å². The van der Waals surface area contributed by atoms with E-state index >= 15 is 0 Å². The molecule has 0 rings (SSSR count). The summed E-state index contributed by atoms with van der Waals surface area (Å²) in [4.78, 5) is 2.03. The van der Waals surface area contributed by atoms with Crippen LogP contribution in [-0.2, 0) is 28.4 Å². The van der Waals surface area contributed by atoms with Gasteiger partial charge in [0.2, 0.25) is 0 Å². The Morgan fingerprint density at radius 1 is 0.583 bits per heavy atom. The first-order chi connectivity index (χ1) is 11.6. The minimum absolute atomic E-state index is 0.0469. The van der Waals surface area contributed by atoms with Gasteiger partial charge >= 0.3 is 0 Å². The maximum absolute atomic E-state index is 5.74. The standard InChI is InChI=1S/C17H37NO6/c1-6-19-8-10-21-12-14-23-16(3)18(5)17(4)24-15-13-22-11-9-20-7-2/h16-17H,6-15H2,1-5H3. The van der Waals surface area contributed by atoms with Crippen molar-refractivity contribution in [3.05, 3.63) is 0 Å². The summed E-state index contributed by atoms with van der Waals surface area (Å²) in [5, 5.41) is 0. The van der Waals surface area contributed by atoms with E-state index in [9.17, 15) is 0 Å². The topological polar surface area (TPSA) is 58.6 Å². The molecule has 0 aliphatic carbocycles. The van der Waals surface area contributed by atoms with Crippen molar-refractivity contribution in [1.82, 2.24) is 4.90 Å². The fourth-order valence-electron chi connectivity index (χ4n) is 1.81. The largest absolute Gasteiger partial charge is 0.379 e. The molecule has 0 bridgehead atoms. The van der Waals surface area contributed by atoms with Gasteiger partial charge in [0.05, 0.1) is 52.9 Å². The van der Waals surface area contributed by atoms with Crippen LogP contribution in [0, 0.1) is 0 Å². The molecule has 0 radical (unpaired) electrons. The Hall–Kier alpha value is -0.280. The van der Waals surface area contributed by atoms with Gasteiger partial charge in [-0.1, -0.05) is 0 Å². The molecule has 0 saturated carbocycles. The highest BCUT2D eigenvalue weighted by Gasteiger charge is 2.16. The van der Waals surface area contributed by atoms with Crippen LogP contribution in [-0.4, -0.2) is 90.5 Å². The van der Waals surface area contributed by atoms with Gasteiger partial charge in [-0.2, -0.15) is 0 Å². The van der Waals surface area contributed by atoms with Gasteiger partial charge in [-0.15, -0.1) is 0 Å². The number of nitrogens with zero attached hydrogens (tertiary/aromatic N) is 1. The van der Waals surface area contributed by atoms with Crippen molar-refractivity contribution < 1.29 is 28.4 Å². The number of hydrogen-bond acceptors (Lipinski definition) is 7. The first-order valence-corrected chi connectivity index (χ1v) is 8.89. The summed E-state index contributed by atoms with van der Waals surface area (Å²) in [5.41, 5.74) is 0. The van der Waals surface area contributed by atoms with Crippen LogP contribution in [0.3, 0.4) is 0 Å². The van der Waals surface area contributed by atoms with Gasteiger partial charge in [0.25, 0.3) is 0 Å². The highest BCUT2D eigenvalue weighted by Crippen LogP contribution is 2.05. The second kappa shape index (κ2) is 17.5. The van der Waals surface area contributed by atoms with Crippen LogP contribution in [0.1, 0.15) is 27.7 Å². The fourth-order valence-corrected chi connectivity index (χ4v) is 1.81. The molecule has 0 aromatic carbocycles. The van der Waals surface area contributed by atoms with Gasteiger partial charge in [-0.25, -0.2) is 0 Å². The van der Waals surface area contributed by atoms with E-state index < -0.39 is 0 Å². The molecule has 0 aromatic rings. The first kappa shape index (κ1) is 23.7. The molecule has 0 amide bonds. The van der Waals surface area contributed by atoms with E-state index in [1.165, 1.54) is 0 Å². The van der Waals surface area contributed by atoms with E-state index in [0.29, 0.717) is 52.9 Å². The van der Waals surface area contributed by atoms with E-state index in [2.05, 4.69) is 0 Å². The monoisotopic (exact) mass is 351 g/mol. The normalized spacial score (nSPS) is 14.2. The molecule has 0 saturated heterocycles. The summed E-state index contributed by atoms with van der Waals surface area (Å²) in [5.74, 6) is 0. The van der Waals surface area contributed by atoms with Crippen molar-refractivity contribution in [3.8, 4) is 0 Å². The van der Waals surface area contributed by atoms with Gasteiger partial charge in [0.1, 0.15) is 12.5 Å². The van der Waals surface area contributed by atoms with E-state index in [0.717, 1.165) is 13.2 Å². The first-order valence-electron chi connectivity index (χ1n) is 8.89. The Morgan fingerprint density at radius 2 is 0.917 bits per heavy atom. The van der Waals surface area contributed by atoms with E-state index in [1.807, 2.05) is 39.6 Å². The Balaban J connectivity index is 3.55. The Labute approximate surface area is 147 Å². The van der Waals surface area contributed by atoms with Crippen molar-refractivity contribution in [1.29, 1.82) is 0 Å². The van der Waals surface area contributed by atoms with E-state index in [1.54, 1.807) is 0 Å². The predicted molar refractivity (Wildman–Crippen MR) is 93.2 cm³/mol. The molecule has 0 spiro atoms. The summed E-state index contributed by atoms with van der Waals surface area (Å²) in [7, 11) is 1.97. The molecule has 0 aromatic heterocycles. The quantitative estimate of drug-likeness (QED) is 0.275. The molecule has 0 aliphatic heterocycles. The third kappa shape index (κ3) is 14.1. The van der Waals surface area contributed by atoms with Crippen LogP contribution in [0.4, 0.5) is 0 Å². The smallest absolute Gasteiger partial charge is 0.109 e. The minimum atomic E-state index is -0.0469. The zero-order chi connectivity index (χ0) is 18.0. The molecular formula is C17H37NO6. The lowest BCUT2D eigenvalue weighted by Crippen LogP contribution is -2.41. The highest BCUT2D eigenvalue weighted by molar-refractivity contribution is 4.55. The summed E-state index contributed by atoms with van der Waals surface area (Å²) in [6, 6.07) is 0. The molecular weight excluding hydrogens is 314 g/mol. The number of hydrogen-bond donors (Lipinski definition) is 0. The van der Waals surface area contributed by atoms with Gasteiger partial charge in [0.15, 0.2) is 0 Å². The molecule has 0 N–H and O–H groups in total. The molecule has 7 heteroatoms. The average molecular weight is 351 g/mol. The SMILES string of the molecule is CCOCCOCCOC(C)N(C)C(C)OCCOCCOCC. The van der Waals surface area contributed by atoms with Crippen LogP contribution in [0.25, 0.3) is 0 Å². The summed E-state index contributed by atoms with van der Waals surface area (Å²) < 4.78 is 32.7.